The van der Waals surface area contributed by atoms with Gasteiger partial charge >= 0.3 is 6.09 Å². The summed E-state index contributed by atoms with van der Waals surface area (Å²) in [5, 5.41) is 4.97. The van der Waals surface area contributed by atoms with E-state index in [0.717, 1.165) is 11.0 Å². The summed E-state index contributed by atoms with van der Waals surface area (Å²) < 4.78 is 10.7. The third-order valence-corrected chi connectivity index (χ3v) is 2.50. The molecule has 2 rings (SSSR count). The van der Waals surface area contributed by atoms with E-state index < -0.39 is 11.7 Å². The lowest BCUT2D eigenvalue weighted by molar-refractivity contribution is 0.0529. The number of amides is 1. The summed E-state index contributed by atoms with van der Waals surface area (Å²) in [5.74, 6) is 0.613. The number of benzene rings is 1. The maximum Gasteiger partial charge on any atom is 0.428 e. The topological polar surface area (TPSA) is 63.8 Å². The number of nitrogens with zero attached hydrogens (tertiary/aromatic N) is 1. The fourth-order valence-corrected chi connectivity index (χ4v) is 1.65. The molecule has 0 fully saturated rings. The number of ether oxygens (including phenoxy) is 1. The van der Waals surface area contributed by atoms with Gasteiger partial charge < -0.3 is 9.15 Å². The minimum Gasteiger partial charge on any atom is -0.455 e. The number of hydrogen-bond acceptors (Lipinski definition) is 4. The highest BCUT2D eigenvalue weighted by Crippen LogP contribution is 2.19. The molecule has 0 aliphatic rings. The molecule has 0 spiro atoms. The first-order valence-corrected chi connectivity index (χ1v) is 6.37. The van der Waals surface area contributed by atoms with E-state index in [1.54, 1.807) is 27.7 Å². The van der Waals surface area contributed by atoms with E-state index in [2.05, 4.69) is 10.5 Å². The number of carbonyl (C=O) groups is 1. The van der Waals surface area contributed by atoms with E-state index >= 15 is 0 Å². The lowest BCUT2D eigenvalue weighted by Crippen LogP contribution is -2.30. The Labute approximate surface area is 117 Å². The summed E-state index contributed by atoms with van der Waals surface area (Å²) in [6.45, 7) is 7.14. The highest BCUT2D eigenvalue weighted by Gasteiger charge is 2.15. The predicted octanol–water partition coefficient (Wildman–Crippen LogP) is 3.68. The smallest absolute Gasteiger partial charge is 0.428 e. The van der Waals surface area contributed by atoms with E-state index in [-0.39, 0.29) is 0 Å². The SMILES string of the molecule is CC(=NNC(=O)OC(C)(C)C)c1cc2ccccc2o1. The van der Waals surface area contributed by atoms with Gasteiger partial charge in [-0.2, -0.15) is 5.10 Å². The van der Waals surface area contributed by atoms with Gasteiger partial charge in [-0.25, -0.2) is 10.2 Å². The van der Waals surface area contributed by atoms with Crippen LogP contribution in [0.25, 0.3) is 11.0 Å². The Balaban J connectivity index is 2.08. The van der Waals surface area contributed by atoms with Gasteiger partial charge in [-0.3, -0.25) is 0 Å². The van der Waals surface area contributed by atoms with Crippen molar-refractivity contribution >= 4 is 22.8 Å². The number of para-hydroxylation sites is 1. The van der Waals surface area contributed by atoms with Crippen LogP contribution in [0.15, 0.2) is 39.9 Å². The van der Waals surface area contributed by atoms with Crippen LogP contribution in [0.3, 0.4) is 0 Å². The lowest BCUT2D eigenvalue weighted by atomic mass is 10.2. The van der Waals surface area contributed by atoms with Crippen molar-refractivity contribution in [1.29, 1.82) is 0 Å². The molecule has 1 amide bonds. The monoisotopic (exact) mass is 274 g/mol. The van der Waals surface area contributed by atoms with Gasteiger partial charge in [-0.15, -0.1) is 0 Å². The molecule has 106 valence electrons. The van der Waals surface area contributed by atoms with Crippen molar-refractivity contribution < 1.29 is 13.9 Å². The Hall–Kier alpha value is -2.30. The van der Waals surface area contributed by atoms with E-state index in [9.17, 15) is 4.79 Å². The highest BCUT2D eigenvalue weighted by atomic mass is 16.6. The molecule has 5 heteroatoms. The van der Waals surface area contributed by atoms with E-state index in [4.69, 9.17) is 9.15 Å². The first-order valence-electron chi connectivity index (χ1n) is 6.37. The summed E-state index contributed by atoms with van der Waals surface area (Å²) in [6, 6.07) is 9.56. The number of rotatable bonds is 2. The molecule has 1 heterocycles. The van der Waals surface area contributed by atoms with E-state index in [1.165, 1.54) is 0 Å². The van der Waals surface area contributed by atoms with Crippen molar-refractivity contribution in [2.75, 3.05) is 0 Å². The minimum absolute atomic E-state index is 0.549. The van der Waals surface area contributed by atoms with Gasteiger partial charge in [0, 0.05) is 5.39 Å². The Kier molecular flexibility index (Phi) is 3.79. The van der Waals surface area contributed by atoms with Crippen LogP contribution in [-0.2, 0) is 4.74 Å². The van der Waals surface area contributed by atoms with Crippen molar-refractivity contribution in [2.24, 2.45) is 5.10 Å². The van der Waals surface area contributed by atoms with Crippen LogP contribution in [0.5, 0.6) is 0 Å². The number of hydrogen-bond donors (Lipinski definition) is 1. The van der Waals surface area contributed by atoms with Crippen molar-refractivity contribution in [3.05, 3.63) is 36.1 Å². The molecule has 0 atom stereocenters. The van der Waals surface area contributed by atoms with Crippen LogP contribution in [0.1, 0.15) is 33.5 Å². The third-order valence-electron chi connectivity index (χ3n) is 2.50. The molecule has 0 unspecified atom stereocenters. The van der Waals surface area contributed by atoms with Crippen LogP contribution in [0.4, 0.5) is 4.79 Å². The van der Waals surface area contributed by atoms with Crippen molar-refractivity contribution in [1.82, 2.24) is 5.43 Å². The van der Waals surface area contributed by atoms with Crippen molar-refractivity contribution in [2.45, 2.75) is 33.3 Å². The summed E-state index contributed by atoms with van der Waals surface area (Å²) in [7, 11) is 0. The average Bonchev–Trinajstić information content (AvgIpc) is 2.77. The van der Waals surface area contributed by atoms with Crippen LogP contribution >= 0.6 is 0 Å². The maximum atomic E-state index is 11.5. The fraction of sp³-hybridized carbons (Fsp3) is 0.333. The van der Waals surface area contributed by atoms with Gasteiger partial charge in [-0.1, -0.05) is 18.2 Å². The average molecular weight is 274 g/mol. The largest absolute Gasteiger partial charge is 0.455 e. The predicted molar refractivity (Wildman–Crippen MR) is 77.8 cm³/mol. The van der Waals surface area contributed by atoms with Crippen molar-refractivity contribution in [3.8, 4) is 0 Å². The molecule has 0 bridgehead atoms. The summed E-state index contributed by atoms with van der Waals surface area (Å²) in [6.07, 6.45) is -0.590. The molecule has 0 aliphatic carbocycles. The molecule has 1 aromatic carbocycles. The zero-order chi connectivity index (χ0) is 14.8. The Morgan fingerprint density at radius 2 is 2.00 bits per heavy atom. The molecular weight excluding hydrogens is 256 g/mol. The number of hydrazone groups is 1. The number of fused-ring (bicyclic) bond motifs is 1. The molecule has 0 aliphatic heterocycles. The minimum atomic E-state index is -0.590. The van der Waals surface area contributed by atoms with Crippen molar-refractivity contribution in [3.63, 3.8) is 0 Å². The second-order valence-electron chi connectivity index (χ2n) is 5.46. The molecule has 2 aromatic rings. The first-order chi connectivity index (χ1) is 9.35. The molecule has 0 saturated heterocycles. The van der Waals surface area contributed by atoms with E-state index in [0.29, 0.717) is 11.5 Å². The van der Waals surface area contributed by atoms with E-state index in [1.807, 2.05) is 30.3 Å². The summed E-state index contributed by atoms with van der Waals surface area (Å²) in [4.78, 5) is 11.5. The normalized spacial score (nSPS) is 12.5. The van der Waals surface area contributed by atoms with Crippen LogP contribution in [0.2, 0.25) is 0 Å². The quantitative estimate of drug-likeness (QED) is 0.671. The van der Waals surface area contributed by atoms with Gasteiger partial charge in [-0.05, 0) is 39.8 Å². The molecular formula is C15H18N2O3. The number of nitrogens with one attached hydrogen (secondary N) is 1. The third kappa shape index (κ3) is 3.60. The molecule has 1 N–H and O–H groups in total. The highest BCUT2D eigenvalue weighted by molar-refractivity contribution is 6.00. The summed E-state index contributed by atoms with van der Waals surface area (Å²) >= 11 is 0. The fourth-order valence-electron chi connectivity index (χ4n) is 1.65. The zero-order valence-electron chi connectivity index (χ0n) is 12.1. The lowest BCUT2D eigenvalue weighted by Gasteiger charge is -2.18. The summed E-state index contributed by atoms with van der Waals surface area (Å²) in [5.41, 5.74) is 3.16. The van der Waals surface area contributed by atoms with Gasteiger partial charge in [0.05, 0.1) is 0 Å². The molecule has 1 aromatic heterocycles. The standard InChI is InChI=1S/C15H18N2O3/c1-10(16-17-14(18)20-15(2,3)4)13-9-11-7-5-6-8-12(11)19-13/h5-9H,1-4H3,(H,17,18). The Morgan fingerprint density at radius 3 is 2.65 bits per heavy atom. The van der Waals surface area contributed by atoms with Crippen LogP contribution < -0.4 is 5.43 Å². The number of carbonyl (C=O) groups excluding carboxylic acids is 1. The first kappa shape index (κ1) is 14.1. The van der Waals surface area contributed by atoms with Gasteiger partial charge in [0.15, 0.2) is 5.76 Å². The second-order valence-corrected chi connectivity index (χ2v) is 5.46. The maximum absolute atomic E-state index is 11.5. The molecule has 0 radical (unpaired) electrons. The Bertz CT molecular complexity index is 617. The second kappa shape index (κ2) is 5.36. The van der Waals surface area contributed by atoms with Gasteiger partial charge in [0.1, 0.15) is 16.9 Å². The zero-order valence-corrected chi connectivity index (χ0v) is 12.1. The number of furan rings is 1. The van der Waals surface area contributed by atoms with Crippen LogP contribution in [-0.4, -0.2) is 17.4 Å². The Morgan fingerprint density at radius 1 is 1.30 bits per heavy atom. The molecule has 5 nitrogen and oxygen atoms in total. The molecule has 20 heavy (non-hydrogen) atoms. The molecule has 0 saturated carbocycles. The van der Waals surface area contributed by atoms with Gasteiger partial charge in [0.25, 0.3) is 0 Å². The van der Waals surface area contributed by atoms with Gasteiger partial charge in [0.2, 0.25) is 0 Å². The van der Waals surface area contributed by atoms with Crippen LogP contribution in [0, 0.1) is 0 Å².